The topological polar surface area (TPSA) is 96.0 Å². The summed E-state index contributed by atoms with van der Waals surface area (Å²) in [6.45, 7) is -1.76. The van der Waals surface area contributed by atoms with Crippen molar-refractivity contribution in [3.8, 4) is 0 Å². The van der Waals surface area contributed by atoms with Crippen molar-refractivity contribution in [2.75, 3.05) is 13.4 Å². The average Bonchev–Trinajstić information content (AvgIpc) is 2.27. The van der Waals surface area contributed by atoms with Gasteiger partial charge in [-0.3, -0.25) is 14.4 Å². The lowest BCUT2D eigenvalue weighted by molar-refractivity contribution is -0.190. The zero-order chi connectivity index (χ0) is 13.8. The highest BCUT2D eigenvalue weighted by atomic mass is 19.3. The first kappa shape index (κ1) is 14.0. The Labute approximate surface area is 99.0 Å². The summed E-state index contributed by atoms with van der Waals surface area (Å²) in [6.07, 6.45) is -1.62. The van der Waals surface area contributed by atoms with Crippen LogP contribution in [0.15, 0.2) is 0 Å². The Morgan fingerprint density at radius 1 is 0.944 bits per heavy atom. The van der Waals surface area contributed by atoms with Crippen LogP contribution in [0, 0.1) is 0 Å². The van der Waals surface area contributed by atoms with Gasteiger partial charge in [-0.2, -0.15) is 8.78 Å². The van der Waals surface area contributed by atoms with Crippen LogP contribution in [-0.2, 0) is 33.4 Å². The molecule has 0 N–H and O–H groups in total. The molecule has 1 saturated heterocycles. The second kappa shape index (κ2) is 5.52. The highest BCUT2D eigenvalue weighted by Crippen LogP contribution is 2.19. The molecule has 0 spiro atoms. The molecule has 0 aromatic heterocycles. The number of rotatable bonds is 0. The first-order valence-corrected chi connectivity index (χ1v) is 4.73. The molecule has 9 heteroatoms. The molecule has 1 aliphatic rings. The van der Waals surface area contributed by atoms with Crippen molar-refractivity contribution in [3.63, 3.8) is 0 Å². The van der Waals surface area contributed by atoms with Gasteiger partial charge in [0.15, 0.2) is 0 Å². The van der Waals surface area contributed by atoms with Gasteiger partial charge in [0.05, 0.1) is 6.61 Å². The largest absolute Gasteiger partial charge is 0.465 e. The van der Waals surface area contributed by atoms with E-state index < -0.39 is 55.9 Å². The SMILES string of the molecule is O=C1CC(=O)OCOC(=O)C(F)(F)C(=O)CCO1. The van der Waals surface area contributed by atoms with E-state index >= 15 is 0 Å². The van der Waals surface area contributed by atoms with E-state index in [2.05, 4.69) is 14.2 Å². The zero-order valence-electron chi connectivity index (χ0n) is 8.94. The van der Waals surface area contributed by atoms with E-state index in [0.29, 0.717) is 0 Å². The number of hydrogen-bond acceptors (Lipinski definition) is 7. The minimum Gasteiger partial charge on any atom is -0.465 e. The molecule has 0 atom stereocenters. The summed E-state index contributed by atoms with van der Waals surface area (Å²) in [4.78, 5) is 43.6. The third kappa shape index (κ3) is 3.47. The zero-order valence-corrected chi connectivity index (χ0v) is 8.94. The molecule has 1 heterocycles. The fourth-order valence-corrected chi connectivity index (χ4v) is 0.988. The molecule has 0 amide bonds. The molecular formula is C9H8F2O7. The van der Waals surface area contributed by atoms with Gasteiger partial charge in [0.25, 0.3) is 0 Å². The van der Waals surface area contributed by atoms with Crippen LogP contribution in [0.2, 0.25) is 0 Å². The van der Waals surface area contributed by atoms with E-state index in [1.807, 2.05) is 0 Å². The molecule has 1 fully saturated rings. The number of esters is 3. The van der Waals surface area contributed by atoms with Crippen LogP contribution in [0.25, 0.3) is 0 Å². The molecule has 0 aliphatic carbocycles. The van der Waals surface area contributed by atoms with Gasteiger partial charge in [0.1, 0.15) is 6.42 Å². The molecule has 0 unspecified atom stereocenters. The van der Waals surface area contributed by atoms with Gasteiger partial charge in [0.2, 0.25) is 12.6 Å². The summed E-state index contributed by atoms with van der Waals surface area (Å²) in [5, 5.41) is 0. The van der Waals surface area contributed by atoms with Gasteiger partial charge < -0.3 is 14.2 Å². The van der Waals surface area contributed by atoms with Gasteiger partial charge in [-0.25, -0.2) is 4.79 Å². The van der Waals surface area contributed by atoms with Crippen molar-refractivity contribution < 1.29 is 42.2 Å². The first-order valence-electron chi connectivity index (χ1n) is 4.73. The van der Waals surface area contributed by atoms with Gasteiger partial charge in [-0.15, -0.1) is 0 Å². The summed E-state index contributed by atoms with van der Waals surface area (Å²) in [5.74, 6) is -10.3. The highest BCUT2D eigenvalue weighted by molar-refractivity contribution is 6.05. The maximum Gasteiger partial charge on any atom is 0.400 e. The van der Waals surface area contributed by atoms with Crippen LogP contribution in [0.5, 0.6) is 0 Å². The molecular weight excluding hydrogens is 258 g/mol. The number of carbonyl (C=O) groups excluding carboxylic acids is 4. The summed E-state index contributed by atoms with van der Waals surface area (Å²) in [7, 11) is 0. The van der Waals surface area contributed by atoms with Crippen molar-refractivity contribution in [2.24, 2.45) is 0 Å². The van der Waals surface area contributed by atoms with E-state index in [0.717, 1.165) is 0 Å². The molecule has 0 aromatic carbocycles. The van der Waals surface area contributed by atoms with Crippen molar-refractivity contribution in [2.45, 2.75) is 18.8 Å². The smallest absolute Gasteiger partial charge is 0.400 e. The monoisotopic (exact) mass is 266 g/mol. The van der Waals surface area contributed by atoms with Crippen LogP contribution in [0.1, 0.15) is 12.8 Å². The number of cyclic esters (lactones) is 3. The molecule has 1 rings (SSSR count). The number of ketones is 1. The number of ether oxygens (including phenoxy) is 3. The Balaban J connectivity index is 2.76. The number of hydrogen-bond donors (Lipinski definition) is 0. The second-order valence-corrected chi connectivity index (χ2v) is 3.21. The van der Waals surface area contributed by atoms with Crippen LogP contribution in [0.4, 0.5) is 8.78 Å². The third-order valence-corrected chi connectivity index (χ3v) is 1.90. The van der Waals surface area contributed by atoms with Crippen LogP contribution < -0.4 is 0 Å². The molecule has 0 radical (unpaired) electrons. The highest BCUT2D eigenvalue weighted by Gasteiger charge is 2.48. The minimum atomic E-state index is -4.36. The molecule has 0 saturated carbocycles. The van der Waals surface area contributed by atoms with Crippen molar-refractivity contribution in [1.29, 1.82) is 0 Å². The van der Waals surface area contributed by atoms with E-state index in [1.165, 1.54) is 0 Å². The first-order chi connectivity index (χ1) is 8.34. The van der Waals surface area contributed by atoms with Gasteiger partial charge in [0, 0.05) is 6.42 Å². The van der Waals surface area contributed by atoms with Gasteiger partial charge in [-0.1, -0.05) is 0 Å². The summed E-state index contributed by atoms with van der Waals surface area (Å²) >= 11 is 0. The maximum absolute atomic E-state index is 13.1. The third-order valence-electron chi connectivity index (χ3n) is 1.90. The average molecular weight is 266 g/mol. The molecule has 0 bridgehead atoms. The van der Waals surface area contributed by atoms with Crippen molar-refractivity contribution in [3.05, 3.63) is 0 Å². The van der Waals surface area contributed by atoms with Crippen LogP contribution >= 0.6 is 0 Å². The Morgan fingerprint density at radius 2 is 1.56 bits per heavy atom. The van der Waals surface area contributed by atoms with Crippen molar-refractivity contribution >= 4 is 23.7 Å². The molecule has 7 nitrogen and oxygen atoms in total. The maximum atomic E-state index is 13.1. The van der Waals surface area contributed by atoms with Gasteiger partial charge in [-0.05, 0) is 0 Å². The Hall–Kier alpha value is -2.06. The second-order valence-electron chi connectivity index (χ2n) is 3.21. The van der Waals surface area contributed by atoms with E-state index in [-0.39, 0.29) is 0 Å². The number of carbonyl (C=O) groups is 4. The molecule has 100 valence electrons. The number of halogens is 2. The number of alkyl halides is 2. The standard InChI is InChI=1S/C9H8F2O7/c10-9(11)5(12)1-2-16-6(13)3-7(14)17-4-18-8(9)15/h1-4H2. The normalized spacial score (nSPS) is 22.1. The molecule has 1 aliphatic heterocycles. The lowest BCUT2D eigenvalue weighted by atomic mass is 10.1. The Morgan fingerprint density at radius 3 is 2.22 bits per heavy atom. The summed E-state index contributed by atoms with van der Waals surface area (Å²) < 4.78 is 38.5. The van der Waals surface area contributed by atoms with E-state index in [1.54, 1.807) is 0 Å². The minimum absolute atomic E-state index is 0.659. The van der Waals surface area contributed by atoms with Crippen LogP contribution in [0.3, 0.4) is 0 Å². The van der Waals surface area contributed by atoms with E-state index in [9.17, 15) is 28.0 Å². The van der Waals surface area contributed by atoms with Crippen LogP contribution in [-0.4, -0.2) is 43.0 Å². The number of Topliss-reactive ketones (excluding diaryl/α,β-unsaturated/α-hetero) is 1. The Kier molecular flexibility index (Phi) is 4.29. The fraction of sp³-hybridized carbons (Fsp3) is 0.556. The van der Waals surface area contributed by atoms with Gasteiger partial charge >= 0.3 is 23.8 Å². The molecule has 18 heavy (non-hydrogen) atoms. The predicted octanol–water partition coefficient (Wildman–Crippen LogP) is -0.428. The fourth-order valence-electron chi connectivity index (χ4n) is 0.988. The van der Waals surface area contributed by atoms with Crippen molar-refractivity contribution in [1.82, 2.24) is 0 Å². The summed E-state index contributed by atoms with van der Waals surface area (Å²) in [6, 6.07) is 0. The van der Waals surface area contributed by atoms with E-state index in [4.69, 9.17) is 0 Å². The predicted molar refractivity (Wildman–Crippen MR) is 47.2 cm³/mol. The molecule has 0 aromatic rings. The lowest BCUT2D eigenvalue weighted by Crippen LogP contribution is -2.40. The Bertz CT molecular complexity index is 356. The quantitative estimate of drug-likeness (QED) is 0.433. The summed E-state index contributed by atoms with van der Waals surface area (Å²) in [5.41, 5.74) is 0. The lowest BCUT2D eigenvalue weighted by Gasteiger charge is -2.15.